The van der Waals surface area contributed by atoms with Crippen LogP contribution in [0.15, 0.2) is 18.3 Å². The molecule has 1 saturated carbocycles. The van der Waals surface area contributed by atoms with Crippen LogP contribution in [-0.2, 0) is 7.05 Å². The molecule has 1 aliphatic carbocycles. The van der Waals surface area contributed by atoms with Crippen LogP contribution in [0.1, 0.15) is 34.9 Å². The second kappa shape index (κ2) is 2.92. The fourth-order valence-corrected chi connectivity index (χ4v) is 2.12. The molecule has 0 unspecified atom stereocenters. The standard InChI is InChI=1S/C12H12N2O/c1-14-10(7-15)6-9-4-5-13-11(12(9)14)8-2-3-8/h4-8H,2-3H2,1H3. The Kier molecular flexibility index (Phi) is 1.69. The van der Waals surface area contributed by atoms with E-state index in [4.69, 9.17) is 0 Å². The first-order valence-corrected chi connectivity index (χ1v) is 5.21. The van der Waals surface area contributed by atoms with E-state index >= 15 is 0 Å². The highest BCUT2D eigenvalue weighted by molar-refractivity contribution is 5.90. The van der Waals surface area contributed by atoms with Crippen molar-refractivity contribution in [3.63, 3.8) is 0 Å². The number of aromatic nitrogens is 2. The summed E-state index contributed by atoms with van der Waals surface area (Å²) in [5.74, 6) is 0.613. The molecule has 0 spiro atoms. The largest absolute Gasteiger partial charge is 0.340 e. The van der Waals surface area contributed by atoms with Gasteiger partial charge in [0, 0.05) is 24.5 Å². The Labute approximate surface area is 87.7 Å². The van der Waals surface area contributed by atoms with E-state index < -0.39 is 0 Å². The van der Waals surface area contributed by atoms with Crippen molar-refractivity contribution in [2.75, 3.05) is 0 Å². The van der Waals surface area contributed by atoms with Gasteiger partial charge in [0.25, 0.3) is 0 Å². The molecule has 2 aromatic rings. The summed E-state index contributed by atoms with van der Waals surface area (Å²) in [6.07, 6.45) is 5.20. The van der Waals surface area contributed by atoms with E-state index in [-0.39, 0.29) is 0 Å². The molecule has 1 fully saturated rings. The van der Waals surface area contributed by atoms with Crippen molar-refractivity contribution in [3.8, 4) is 0 Å². The van der Waals surface area contributed by atoms with Gasteiger partial charge in [0.15, 0.2) is 6.29 Å². The third-order valence-corrected chi connectivity index (χ3v) is 3.09. The van der Waals surface area contributed by atoms with Crippen LogP contribution in [0.25, 0.3) is 10.9 Å². The highest BCUT2D eigenvalue weighted by Crippen LogP contribution is 2.42. The first kappa shape index (κ1) is 8.65. The van der Waals surface area contributed by atoms with Crippen LogP contribution >= 0.6 is 0 Å². The third kappa shape index (κ3) is 1.19. The van der Waals surface area contributed by atoms with Crippen LogP contribution in [-0.4, -0.2) is 15.8 Å². The minimum atomic E-state index is 0.613. The summed E-state index contributed by atoms with van der Waals surface area (Å²) in [5.41, 5.74) is 3.00. The number of carbonyl (C=O) groups is 1. The molecular formula is C12H12N2O. The highest BCUT2D eigenvalue weighted by Gasteiger charge is 2.28. The third-order valence-electron chi connectivity index (χ3n) is 3.09. The van der Waals surface area contributed by atoms with Crippen molar-refractivity contribution in [2.45, 2.75) is 18.8 Å². The maximum Gasteiger partial charge on any atom is 0.166 e. The van der Waals surface area contributed by atoms with E-state index in [9.17, 15) is 4.79 Å². The average molecular weight is 200 g/mol. The summed E-state index contributed by atoms with van der Waals surface area (Å²) in [6.45, 7) is 0. The highest BCUT2D eigenvalue weighted by atomic mass is 16.1. The Morgan fingerprint density at radius 3 is 3.00 bits per heavy atom. The minimum absolute atomic E-state index is 0.613. The fourth-order valence-electron chi connectivity index (χ4n) is 2.12. The first-order chi connectivity index (χ1) is 7.31. The molecule has 2 heterocycles. The molecule has 0 aliphatic heterocycles. The van der Waals surface area contributed by atoms with Gasteiger partial charge in [0.05, 0.1) is 16.9 Å². The summed E-state index contributed by atoms with van der Waals surface area (Å²) in [5, 5.41) is 1.12. The van der Waals surface area contributed by atoms with Gasteiger partial charge in [0.2, 0.25) is 0 Å². The van der Waals surface area contributed by atoms with Crippen LogP contribution < -0.4 is 0 Å². The van der Waals surface area contributed by atoms with Gasteiger partial charge in [-0.1, -0.05) is 0 Å². The lowest BCUT2D eigenvalue weighted by Gasteiger charge is -2.03. The molecule has 0 N–H and O–H groups in total. The van der Waals surface area contributed by atoms with Crippen molar-refractivity contribution in [2.24, 2.45) is 7.05 Å². The molecule has 76 valence electrons. The molecule has 0 aromatic carbocycles. The number of hydrogen-bond acceptors (Lipinski definition) is 2. The number of carbonyl (C=O) groups excluding carboxylic acids is 1. The molecule has 0 bridgehead atoms. The Morgan fingerprint density at radius 1 is 1.53 bits per heavy atom. The SMILES string of the molecule is Cn1c(C=O)cc2ccnc(C3CC3)c21. The molecule has 0 saturated heterocycles. The molecular weight excluding hydrogens is 188 g/mol. The summed E-state index contributed by atoms with van der Waals surface area (Å²) < 4.78 is 1.95. The number of hydrogen-bond donors (Lipinski definition) is 0. The van der Waals surface area contributed by atoms with Gasteiger partial charge in [-0.15, -0.1) is 0 Å². The normalized spacial score (nSPS) is 15.8. The van der Waals surface area contributed by atoms with E-state index in [2.05, 4.69) is 4.98 Å². The number of pyridine rings is 1. The zero-order valence-corrected chi connectivity index (χ0v) is 8.60. The van der Waals surface area contributed by atoms with Crippen molar-refractivity contribution < 1.29 is 4.79 Å². The zero-order chi connectivity index (χ0) is 10.4. The summed E-state index contributed by atoms with van der Waals surface area (Å²) >= 11 is 0. The minimum Gasteiger partial charge on any atom is -0.340 e. The Balaban J connectivity index is 2.35. The molecule has 0 amide bonds. The number of rotatable bonds is 2. The molecule has 0 atom stereocenters. The van der Waals surface area contributed by atoms with Gasteiger partial charge in [-0.3, -0.25) is 9.78 Å². The van der Waals surface area contributed by atoms with Crippen LogP contribution in [0.4, 0.5) is 0 Å². The predicted molar refractivity (Wildman–Crippen MR) is 58.1 cm³/mol. The van der Waals surface area contributed by atoms with Crippen LogP contribution in [0, 0.1) is 0 Å². The zero-order valence-electron chi connectivity index (χ0n) is 8.60. The number of nitrogens with zero attached hydrogens (tertiary/aromatic N) is 2. The van der Waals surface area contributed by atoms with Crippen molar-refractivity contribution >= 4 is 17.2 Å². The molecule has 3 rings (SSSR count). The number of fused-ring (bicyclic) bond motifs is 1. The van der Waals surface area contributed by atoms with E-state index in [1.165, 1.54) is 12.8 Å². The predicted octanol–water partition coefficient (Wildman–Crippen LogP) is 2.26. The maximum absolute atomic E-state index is 10.9. The van der Waals surface area contributed by atoms with E-state index in [1.54, 1.807) is 0 Å². The quantitative estimate of drug-likeness (QED) is 0.697. The molecule has 3 heteroatoms. The smallest absolute Gasteiger partial charge is 0.166 e. The van der Waals surface area contributed by atoms with E-state index in [0.717, 1.165) is 28.6 Å². The van der Waals surface area contributed by atoms with Gasteiger partial charge in [-0.2, -0.15) is 0 Å². The van der Waals surface area contributed by atoms with Gasteiger partial charge in [0.1, 0.15) is 0 Å². The molecule has 3 nitrogen and oxygen atoms in total. The lowest BCUT2D eigenvalue weighted by Crippen LogP contribution is -1.97. The second-order valence-corrected chi connectivity index (χ2v) is 4.15. The second-order valence-electron chi connectivity index (χ2n) is 4.15. The average Bonchev–Trinajstić information content (AvgIpc) is 3.04. The Bertz CT molecular complexity index is 538. The molecule has 0 radical (unpaired) electrons. The summed E-state index contributed by atoms with van der Waals surface area (Å²) in [6, 6.07) is 3.89. The monoisotopic (exact) mass is 200 g/mol. The summed E-state index contributed by atoms with van der Waals surface area (Å²) in [7, 11) is 1.93. The number of aldehydes is 1. The van der Waals surface area contributed by atoms with E-state index in [1.807, 2.05) is 29.9 Å². The maximum atomic E-state index is 10.9. The van der Waals surface area contributed by atoms with Crippen molar-refractivity contribution in [3.05, 3.63) is 29.7 Å². The van der Waals surface area contributed by atoms with Gasteiger partial charge in [-0.05, 0) is 25.0 Å². The van der Waals surface area contributed by atoms with Crippen LogP contribution in [0.2, 0.25) is 0 Å². The lowest BCUT2D eigenvalue weighted by molar-refractivity contribution is 0.111. The topological polar surface area (TPSA) is 34.9 Å². The number of aryl methyl sites for hydroxylation is 1. The van der Waals surface area contributed by atoms with Crippen molar-refractivity contribution in [1.82, 2.24) is 9.55 Å². The molecule has 1 aliphatic rings. The molecule has 2 aromatic heterocycles. The van der Waals surface area contributed by atoms with Gasteiger partial charge >= 0.3 is 0 Å². The summed E-state index contributed by atoms with van der Waals surface area (Å²) in [4.78, 5) is 15.3. The molecule has 15 heavy (non-hydrogen) atoms. The van der Waals surface area contributed by atoms with E-state index in [0.29, 0.717) is 5.92 Å². The Hall–Kier alpha value is -1.64. The lowest BCUT2D eigenvalue weighted by atomic mass is 10.2. The Morgan fingerprint density at radius 2 is 2.33 bits per heavy atom. The first-order valence-electron chi connectivity index (χ1n) is 5.21. The van der Waals surface area contributed by atoms with Crippen molar-refractivity contribution in [1.29, 1.82) is 0 Å². The van der Waals surface area contributed by atoms with Crippen LogP contribution in [0.3, 0.4) is 0 Å². The van der Waals surface area contributed by atoms with Crippen LogP contribution in [0.5, 0.6) is 0 Å². The fraction of sp³-hybridized carbons (Fsp3) is 0.333. The van der Waals surface area contributed by atoms with Gasteiger partial charge in [-0.25, -0.2) is 0 Å². The van der Waals surface area contributed by atoms with Gasteiger partial charge < -0.3 is 4.57 Å².